The number of amides is 1. The molecule has 0 spiro atoms. The molecule has 6 nitrogen and oxygen atoms in total. The minimum absolute atomic E-state index is 0.0292. The number of hydrogen-bond donors (Lipinski definition) is 3. The van der Waals surface area contributed by atoms with Gasteiger partial charge in [-0.25, -0.2) is 4.98 Å². The molecule has 2 rings (SSSR count). The van der Waals surface area contributed by atoms with Crippen molar-refractivity contribution in [2.45, 2.75) is 44.1 Å². The lowest BCUT2D eigenvalue weighted by Gasteiger charge is -2.28. The average molecular weight is 297 g/mol. The van der Waals surface area contributed by atoms with Gasteiger partial charge in [0.25, 0.3) is 5.91 Å². The summed E-state index contributed by atoms with van der Waals surface area (Å²) in [5, 5.41) is 14.4. The van der Waals surface area contributed by atoms with Gasteiger partial charge in [-0.2, -0.15) is 0 Å². The normalized spacial score (nSPS) is 17.1. The maximum absolute atomic E-state index is 12.2. The summed E-state index contributed by atoms with van der Waals surface area (Å²) in [5.74, 6) is -1.16. The summed E-state index contributed by atoms with van der Waals surface area (Å²) in [4.78, 5) is 27.4. The Morgan fingerprint density at radius 2 is 2.15 bits per heavy atom. The third-order valence-corrected chi connectivity index (χ3v) is 4.48. The predicted octanol–water partition coefficient (Wildman–Crippen LogP) is 1.16. The zero-order valence-corrected chi connectivity index (χ0v) is 12.0. The first-order chi connectivity index (χ1) is 9.54. The highest BCUT2D eigenvalue weighted by molar-refractivity contribution is 7.09. The molecule has 0 aromatic carbocycles. The first-order valence-corrected chi connectivity index (χ1v) is 7.61. The summed E-state index contributed by atoms with van der Waals surface area (Å²) >= 11 is 1.40. The zero-order chi connectivity index (χ0) is 14.6. The molecule has 0 saturated heterocycles. The Hall–Kier alpha value is -1.47. The van der Waals surface area contributed by atoms with Crippen LogP contribution in [0.25, 0.3) is 0 Å². The molecule has 0 radical (unpaired) electrons. The van der Waals surface area contributed by atoms with Crippen LogP contribution < -0.4 is 11.1 Å². The van der Waals surface area contributed by atoms with Gasteiger partial charge in [-0.15, -0.1) is 11.3 Å². The Balaban J connectivity index is 2.05. The number of carboxylic acids is 1. The maximum Gasteiger partial charge on any atom is 0.305 e. The second-order valence-corrected chi connectivity index (χ2v) is 6.12. The van der Waals surface area contributed by atoms with E-state index in [1.54, 1.807) is 5.38 Å². The highest BCUT2D eigenvalue weighted by Crippen LogP contribution is 2.33. The average Bonchev–Trinajstić information content (AvgIpc) is 2.98. The number of carbonyl (C=O) groups is 2. The first kappa shape index (κ1) is 14.9. The van der Waals surface area contributed by atoms with E-state index in [0.717, 1.165) is 17.8 Å². The zero-order valence-electron chi connectivity index (χ0n) is 11.2. The number of aliphatic carboxylic acids is 1. The third-order valence-electron chi connectivity index (χ3n) is 3.57. The number of rotatable bonds is 6. The van der Waals surface area contributed by atoms with Gasteiger partial charge in [-0.05, 0) is 19.4 Å². The van der Waals surface area contributed by atoms with Gasteiger partial charge in [-0.1, -0.05) is 12.8 Å². The molecule has 20 heavy (non-hydrogen) atoms. The molecule has 1 amide bonds. The second kappa shape index (κ2) is 6.32. The molecule has 4 N–H and O–H groups in total. The van der Waals surface area contributed by atoms with Gasteiger partial charge in [0.2, 0.25) is 0 Å². The number of nitrogens with two attached hydrogens (primary N) is 1. The summed E-state index contributed by atoms with van der Waals surface area (Å²) < 4.78 is 0. The second-order valence-electron chi connectivity index (χ2n) is 5.18. The summed E-state index contributed by atoms with van der Waals surface area (Å²) in [6.45, 7) is 0.498. The quantitative estimate of drug-likeness (QED) is 0.730. The number of hydrogen-bond acceptors (Lipinski definition) is 5. The van der Waals surface area contributed by atoms with Crippen LogP contribution >= 0.6 is 11.3 Å². The van der Waals surface area contributed by atoms with E-state index < -0.39 is 11.5 Å². The minimum Gasteiger partial charge on any atom is -0.481 e. The number of thiazole rings is 1. The monoisotopic (exact) mass is 297 g/mol. The fourth-order valence-corrected chi connectivity index (χ4v) is 3.44. The number of carboxylic acid groups (broad SMARTS) is 1. The molecule has 0 bridgehead atoms. The van der Waals surface area contributed by atoms with Crippen molar-refractivity contribution in [3.8, 4) is 0 Å². The SMILES string of the molecule is NCCc1nc(C(=O)NC2(CC(=O)O)CCCC2)cs1. The number of carbonyl (C=O) groups excluding carboxylic acids is 1. The third kappa shape index (κ3) is 3.55. The van der Waals surface area contributed by atoms with Gasteiger partial charge in [0.15, 0.2) is 0 Å². The van der Waals surface area contributed by atoms with Crippen LogP contribution in [0.4, 0.5) is 0 Å². The van der Waals surface area contributed by atoms with Crippen LogP contribution in [0.1, 0.15) is 47.6 Å². The Morgan fingerprint density at radius 3 is 2.75 bits per heavy atom. The van der Waals surface area contributed by atoms with E-state index in [2.05, 4.69) is 10.3 Å². The Kier molecular flexibility index (Phi) is 4.72. The molecule has 110 valence electrons. The van der Waals surface area contributed by atoms with Gasteiger partial charge in [0, 0.05) is 11.8 Å². The lowest BCUT2D eigenvalue weighted by atomic mass is 9.93. The van der Waals surface area contributed by atoms with Crippen LogP contribution in [0.5, 0.6) is 0 Å². The summed E-state index contributed by atoms with van der Waals surface area (Å²) in [7, 11) is 0. The van der Waals surface area contributed by atoms with Gasteiger partial charge >= 0.3 is 5.97 Å². The van der Waals surface area contributed by atoms with Crippen molar-refractivity contribution in [1.29, 1.82) is 0 Å². The number of nitrogens with zero attached hydrogens (tertiary/aromatic N) is 1. The fourth-order valence-electron chi connectivity index (χ4n) is 2.65. The van der Waals surface area contributed by atoms with Crippen LogP contribution in [0, 0.1) is 0 Å². The Morgan fingerprint density at radius 1 is 1.45 bits per heavy atom. The summed E-state index contributed by atoms with van der Waals surface area (Å²) in [6, 6.07) is 0. The molecule has 7 heteroatoms. The molecule has 1 aliphatic carbocycles. The molecule has 1 saturated carbocycles. The summed E-state index contributed by atoms with van der Waals surface area (Å²) in [6.07, 6.45) is 3.94. The van der Waals surface area contributed by atoms with E-state index in [-0.39, 0.29) is 12.3 Å². The molecular formula is C13H19N3O3S. The smallest absolute Gasteiger partial charge is 0.305 e. The lowest BCUT2D eigenvalue weighted by Crippen LogP contribution is -2.47. The molecule has 0 unspecified atom stereocenters. The summed E-state index contributed by atoms with van der Waals surface area (Å²) in [5.41, 5.74) is 5.20. The number of aromatic nitrogens is 1. The Labute approximate surface area is 121 Å². The van der Waals surface area contributed by atoms with Crippen molar-refractivity contribution in [3.05, 3.63) is 16.1 Å². The van der Waals surface area contributed by atoms with E-state index in [9.17, 15) is 9.59 Å². The van der Waals surface area contributed by atoms with Crippen LogP contribution in [-0.2, 0) is 11.2 Å². The topological polar surface area (TPSA) is 105 Å². The lowest BCUT2D eigenvalue weighted by molar-refractivity contribution is -0.138. The molecular weight excluding hydrogens is 278 g/mol. The minimum atomic E-state index is -0.880. The van der Waals surface area contributed by atoms with Crippen molar-refractivity contribution >= 4 is 23.2 Å². The van der Waals surface area contributed by atoms with E-state index in [4.69, 9.17) is 10.8 Å². The van der Waals surface area contributed by atoms with Crippen molar-refractivity contribution in [2.75, 3.05) is 6.54 Å². The van der Waals surface area contributed by atoms with Crippen molar-refractivity contribution in [2.24, 2.45) is 5.73 Å². The first-order valence-electron chi connectivity index (χ1n) is 6.73. The van der Waals surface area contributed by atoms with Gasteiger partial charge in [0.05, 0.1) is 17.0 Å². The van der Waals surface area contributed by atoms with Crippen molar-refractivity contribution in [3.63, 3.8) is 0 Å². The Bertz CT molecular complexity index is 495. The van der Waals surface area contributed by atoms with E-state index in [1.807, 2.05) is 0 Å². The van der Waals surface area contributed by atoms with Crippen LogP contribution in [-0.4, -0.2) is 34.1 Å². The molecule has 1 fully saturated rings. The standard InChI is InChI=1S/C13H19N3O3S/c14-6-3-10-15-9(8-20-10)12(19)16-13(7-11(17)18)4-1-2-5-13/h8H,1-7,14H2,(H,16,19)(H,17,18). The predicted molar refractivity (Wildman–Crippen MR) is 75.8 cm³/mol. The van der Waals surface area contributed by atoms with Gasteiger partial charge in [-0.3, -0.25) is 9.59 Å². The van der Waals surface area contributed by atoms with Crippen molar-refractivity contribution in [1.82, 2.24) is 10.3 Å². The largest absolute Gasteiger partial charge is 0.481 e. The molecule has 1 heterocycles. The van der Waals surface area contributed by atoms with E-state index in [0.29, 0.717) is 31.5 Å². The highest BCUT2D eigenvalue weighted by atomic mass is 32.1. The van der Waals surface area contributed by atoms with Crippen LogP contribution in [0.2, 0.25) is 0 Å². The maximum atomic E-state index is 12.2. The van der Waals surface area contributed by atoms with E-state index >= 15 is 0 Å². The highest BCUT2D eigenvalue weighted by Gasteiger charge is 2.37. The molecule has 1 aromatic rings. The molecule has 1 aromatic heterocycles. The van der Waals surface area contributed by atoms with Crippen molar-refractivity contribution < 1.29 is 14.7 Å². The molecule has 0 aliphatic heterocycles. The van der Waals surface area contributed by atoms with Gasteiger partial charge in [0.1, 0.15) is 5.69 Å². The van der Waals surface area contributed by atoms with Gasteiger partial charge < -0.3 is 16.2 Å². The number of nitrogens with one attached hydrogen (secondary N) is 1. The van der Waals surface area contributed by atoms with Crippen LogP contribution in [0.3, 0.4) is 0 Å². The van der Waals surface area contributed by atoms with Crippen LogP contribution in [0.15, 0.2) is 5.38 Å². The fraction of sp³-hybridized carbons (Fsp3) is 0.615. The molecule has 0 atom stereocenters. The van der Waals surface area contributed by atoms with E-state index in [1.165, 1.54) is 11.3 Å². The molecule has 1 aliphatic rings.